The van der Waals surface area contributed by atoms with Crippen LogP contribution in [0.1, 0.15) is 44.3 Å². The summed E-state index contributed by atoms with van der Waals surface area (Å²) in [6, 6.07) is 18.7. The summed E-state index contributed by atoms with van der Waals surface area (Å²) in [6.07, 6.45) is 12.6. The molecule has 6 heteroatoms. The van der Waals surface area contributed by atoms with Gasteiger partial charge in [0.15, 0.2) is 0 Å². The summed E-state index contributed by atoms with van der Waals surface area (Å²) in [5, 5.41) is 11.7. The third kappa shape index (κ3) is 6.12. The number of terminal acetylenes is 2. The Morgan fingerprint density at radius 3 is 2.18 bits per heavy atom. The van der Waals surface area contributed by atoms with E-state index >= 15 is 0 Å². The number of amides is 2. The Labute approximate surface area is 199 Å². The molecular weight excluding hydrogens is 424 g/mol. The zero-order valence-corrected chi connectivity index (χ0v) is 19.0. The van der Waals surface area contributed by atoms with Gasteiger partial charge in [-0.3, -0.25) is 9.59 Å². The van der Waals surface area contributed by atoms with Crippen LogP contribution in [0.5, 0.6) is 0 Å². The van der Waals surface area contributed by atoms with E-state index in [0.29, 0.717) is 28.1 Å². The Kier molecular flexibility index (Phi) is 7.84. The zero-order valence-electron chi connectivity index (χ0n) is 19.0. The minimum atomic E-state index is -0.410. The Morgan fingerprint density at radius 1 is 0.912 bits per heavy atom. The normalized spacial score (nSPS) is 10.2. The van der Waals surface area contributed by atoms with Crippen molar-refractivity contribution in [1.29, 1.82) is 0 Å². The molecule has 2 amide bonds. The summed E-state index contributed by atoms with van der Waals surface area (Å²) < 4.78 is 0. The van der Waals surface area contributed by atoms with Crippen LogP contribution in [0, 0.1) is 24.7 Å². The van der Waals surface area contributed by atoms with Gasteiger partial charge in [-0.05, 0) is 67.1 Å². The lowest BCUT2D eigenvalue weighted by Crippen LogP contribution is -2.18. The van der Waals surface area contributed by atoms with E-state index in [1.807, 2.05) is 14.0 Å². The van der Waals surface area contributed by atoms with Gasteiger partial charge < -0.3 is 15.6 Å². The van der Waals surface area contributed by atoms with Gasteiger partial charge in [0, 0.05) is 36.0 Å². The van der Waals surface area contributed by atoms with E-state index in [-0.39, 0.29) is 11.5 Å². The van der Waals surface area contributed by atoms with E-state index in [2.05, 4.69) is 27.6 Å². The van der Waals surface area contributed by atoms with Crippen molar-refractivity contribution in [3.05, 3.63) is 94.5 Å². The molecule has 6 nitrogen and oxygen atoms in total. The Bertz CT molecular complexity index is 1290. The second-order valence-electron chi connectivity index (χ2n) is 7.38. The first-order valence-electron chi connectivity index (χ1n) is 10.6. The predicted octanol–water partition coefficient (Wildman–Crippen LogP) is 4.44. The molecule has 0 unspecified atom stereocenters. The predicted molar refractivity (Wildman–Crippen MR) is 137 cm³/mol. The molecule has 0 aliphatic rings. The van der Waals surface area contributed by atoms with Crippen molar-refractivity contribution < 1.29 is 9.59 Å². The van der Waals surface area contributed by atoms with Crippen LogP contribution in [0.15, 0.2) is 71.8 Å². The van der Waals surface area contributed by atoms with Gasteiger partial charge in [-0.2, -0.15) is 5.10 Å². The molecule has 0 aliphatic carbocycles. The van der Waals surface area contributed by atoms with E-state index in [1.165, 1.54) is 0 Å². The second kappa shape index (κ2) is 11.2. The molecule has 168 valence electrons. The average molecular weight is 449 g/mol. The van der Waals surface area contributed by atoms with E-state index in [9.17, 15) is 9.59 Å². The Balaban J connectivity index is 1.79. The molecule has 0 heterocycles. The highest BCUT2D eigenvalue weighted by atomic mass is 16.2. The maximum Gasteiger partial charge on any atom is 0.257 e. The molecule has 0 fully saturated rings. The van der Waals surface area contributed by atoms with Crippen molar-refractivity contribution in [2.45, 2.75) is 6.92 Å². The summed E-state index contributed by atoms with van der Waals surface area (Å²) in [6.45, 7) is 2.80. The highest BCUT2D eigenvalue weighted by Crippen LogP contribution is 2.21. The summed E-state index contributed by atoms with van der Waals surface area (Å²) in [7, 11) is 1.88. The van der Waals surface area contributed by atoms with Crippen molar-refractivity contribution in [1.82, 2.24) is 5.01 Å². The summed E-state index contributed by atoms with van der Waals surface area (Å²) in [4.78, 5) is 25.8. The monoisotopic (exact) mass is 448 g/mol. The molecular formula is C28H24N4O2. The van der Waals surface area contributed by atoms with Crippen LogP contribution in [0.4, 0.5) is 11.4 Å². The van der Waals surface area contributed by atoms with Crippen LogP contribution in [-0.4, -0.2) is 36.6 Å². The number of hydrogen-bond acceptors (Lipinski definition) is 4. The first-order valence-corrected chi connectivity index (χ1v) is 10.6. The number of anilines is 2. The number of rotatable bonds is 7. The third-order valence-electron chi connectivity index (χ3n) is 5.02. The highest BCUT2D eigenvalue weighted by Gasteiger charge is 2.16. The topological polar surface area (TPSA) is 73.8 Å². The van der Waals surface area contributed by atoms with Crippen LogP contribution < -0.4 is 10.6 Å². The van der Waals surface area contributed by atoms with Crippen LogP contribution in [0.25, 0.3) is 0 Å². The first-order chi connectivity index (χ1) is 16.4. The van der Waals surface area contributed by atoms with E-state index in [1.54, 1.807) is 78.0 Å². The van der Waals surface area contributed by atoms with Gasteiger partial charge in [0.25, 0.3) is 11.8 Å². The van der Waals surface area contributed by atoms with Gasteiger partial charge in [-0.15, -0.1) is 12.8 Å². The van der Waals surface area contributed by atoms with E-state index < -0.39 is 5.91 Å². The fraction of sp³-hybridized carbons (Fsp3) is 0.107. The third-order valence-corrected chi connectivity index (χ3v) is 5.02. The number of hydrazone groups is 1. The molecule has 0 atom stereocenters. The number of nitrogens with one attached hydrogen (secondary N) is 2. The largest absolute Gasteiger partial charge is 0.322 e. The zero-order chi connectivity index (χ0) is 24.5. The maximum atomic E-state index is 13.0. The van der Waals surface area contributed by atoms with Gasteiger partial charge in [-0.25, -0.2) is 0 Å². The first kappa shape index (κ1) is 23.8. The molecule has 34 heavy (non-hydrogen) atoms. The minimum Gasteiger partial charge on any atom is -0.322 e. The van der Waals surface area contributed by atoms with Crippen molar-refractivity contribution in [2.75, 3.05) is 24.2 Å². The van der Waals surface area contributed by atoms with Gasteiger partial charge >= 0.3 is 0 Å². The van der Waals surface area contributed by atoms with Crippen molar-refractivity contribution in [3.63, 3.8) is 0 Å². The number of carbonyl (C=O) groups is 2. The van der Waals surface area contributed by atoms with Crippen LogP contribution >= 0.6 is 0 Å². The fourth-order valence-electron chi connectivity index (χ4n) is 2.94. The number of hydrogen-bond donors (Lipinski definition) is 2. The minimum absolute atomic E-state index is 0.246. The van der Waals surface area contributed by atoms with Crippen molar-refractivity contribution >= 4 is 29.4 Å². The molecule has 0 spiro atoms. The SMILES string of the molecule is C#Cc1ccc(NC(=O)c2cc(C#C)ccc2NC(=O)c2ccc(C=NN(C)CC)cc2)cc1. The lowest BCUT2D eigenvalue weighted by atomic mass is 10.1. The van der Waals surface area contributed by atoms with Gasteiger partial charge in [0.1, 0.15) is 0 Å². The quantitative estimate of drug-likeness (QED) is 0.319. The molecule has 0 bridgehead atoms. The fourth-order valence-corrected chi connectivity index (χ4v) is 2.94. The van der Waals surface area contributed by atoms with E-state index in [4.69, 9.17) is 12.8 Å². The van der Waals surface area contributed by atoms with Crippen molar-refractivity contribution in [2.24, 2.45) is 5.10 Å². The second-order valence-corrected chi connectivity index (χ2v) is 7.38. The van der Waals surface area contributed by atoms with Gasteiger partial charge in [0.2, 0.25) is 0 Å². The molecule has 2 N–H and O–H groups in total. The van der Waals surface area contributed by atoms with E-state index in [0.717, 1.165) is 12.1 Å². The maximum absolute atomic E-state index is 13.0. The lowest BCUT2D eigenvalue weighted by molar-refractivity contribution is 0.102. The standard InChI is InChI=1S/C28H24N4O2/c1-5-20-10-15-24(16-11-20)30-28(34)25-18-21(6-2)12-17-26(25)31-27(33)23-13-8-22(9-14-23)19-29-32(4)7-3/h1-2,8-19H,7H2,3-4H3,(H,30,34)(H,31,33). The number of carbonyl (C=O) groups excluding carboxylic acids is 2. The summed E-state index contributed by atoms with van der Waals surface area (Å²) in [5.74, 6) is 4.28. The van der Waals surface area contributed by atoms with Crippen LogP contribution in [0.3, 0.4) is 0 Å². The number of nitrogens with zero attached hydrogens (tertiary/aromatic N) is 2. The number of benzene rings is 3. The molecule has 3 aromatic rings. The average Bonchev–Trinajstić information content (AvgIpc) is 2.88. The molecule has 0 radical (unpaired) electrons. The molecule has 3 aromatic carbocycles. The Morgan fingerprint density at radius 2 is 1.56 bits per heavy atom. The van der Waals surface area contributed by atoms with Gasteiger partial charge in [0.05, 0.1) is 17.5 Å². The molecule has 0 aromatic heterocycles. The van der Waals surface area contributed by atoms with Crippen LogP contribution in [0.2, 0.25) is 0 Å². The molecule has 0 aliphatic heterocycles. The molecule has 0 saturated heterocycles. The molecule has 3 rings (SSSR count). The summed E-state index contributed by atoms with van der Waals surface area (Å²) in [5.41, 5.74) is 3.69. The lowest BCUT2D eigenvalue weighted by Gasteiger charge is -2.13. The van der Waals surface area contributed by atoms with Gasteiger partial charge in [-0.1, -0.05) is 24.0 Å². The summed E-state index contributed by atoms with van der Waals surface area (Å²) >= 11 is 0. The van der Waals surface area contributed by atoms with Crippen molar-refractivity contribution in [3.8, 4) is 24.7 Å². The Hall–Kier alpha value is -4.81. The highest BCUT2D eigenvalue weighted by molar-refractivity contribution is 6.12. The smallest absolute Gasteiger partial charge is 0.257 e. The van der Waals surface area contributed by atoms with Crippen LogP contribution in [-0.2, 0) is 0 Å². The molecule has 0 saturated carbocycles.